The van der Waals surface area contributed by atoms with E-state index in [2.05, 4.69) is 6.92 Å². The van der Waals surface area contributed by atoms with Crippen molar-refractivity contribution < 1.29 is 19.1 Å². The summed E-state index contributed by atoms with van der Waals surface area (Å²) in [6.45, 7) is 4.49. The average molecular weight is 475 g/mol. The zero-order valence-corrected chi connectivity index (χ0v) is 20.8. The van der Waals surface area contributed by atoms with E-state index in [4.69, 9.17) is 9.47 Å². The van der Waals surface area contributed by atoms with Crippen LogP contribution in [0.15, 0.2) is 36.4 Å². The van der Waals surface area contributed by atoms with Crippen molar-refractivity contribution in [2.45, 2.75) is 76.4 Å². The molecule has 0 radical (unpaired) electrons. The molecule has 174 valence electrons. The second kappa shape index (κ2) is 13.1. The topological polar surface area (TPSA) is 52.6 Å². The van der Waals surface area contributed by atoms with Crippen LogP contribution in [0.2, 0.25) is 0 Å². The van der Waals surface area contributed by atoms with Crippen molar-refractivity contribution in [3.63, 3.8) is 0 Å². The van der Waals surface area contributed by atoms with Crippen LogP contribution in [0.5, 0.6) is 5.75 Å². The Morgan fingerprint density at radius 3 is 2.66 bits per heavy atom. The molecule has 3 rings (SSSR count). The number of hydrogen-bond donors (Lipinski definition) is 0. The quantitative estimate of drug-likeness (QED) is 0.139. The van der Waals surface area contributed by atoms with E-state index in [9.17, 15) is 9.59 Å². The monoisotopic (exact) mass is 474 g/mol. The van der Waals surface area contributed by atoms with E-state index >= 15 is 0 Å². The Balaban J connectivity index is 1.49. The molecule has 0 aliphatic carbocycles. The van der Waals surface area contributed by atoms with Gasteiger partial charge in [-0.05, 0) is 61.1 Å². The number of unbranched alkanes of at least 4 members (excludes halogenated alkanes) is 3. The van der Waals surface area contributed by atoms with Gasteiger partial charge in [-0.1, -0.05) is 72.0 Å². The van der Waals surface area contributed by atoms with Crippen molar-refractivity contribution >= 4 is 44.3 Å². The van der Waals surface area contributed by atoms with E-state index in [0.29, 0.717) is 18.8 Å². The van der Waals surface area contributed by atoms with Crippen LogP contribution in [0.4, 0.5) is 0 Å². The summed E-state index contributed by atoms with van der Waals surface area (Å²) >= 11 is 0. The first-order valence-corrected chi connectivity index (χ1v) is 14.1. The molecule has 1 fully saturated rings. The molecule has 2 aromatic rings. The second-order valence-electron chi connectivity index (χ2n) is 8.41. The number of benzene rings is 2. The van der Waals surface area contributed by atoms with E-state index in [-0.39, 0.29) is 17.9 Å². The molecule has 2 atom stereocenters. The predicted molar refractivity (Wildman–Crippen MR) is 135 cm³/mol. The highest BCUT2D eigenvalue weighted by molar-refractivity contribution is 8.77. The van der Waals surface area contributed by atoms with Gasteiger partial charge in [0.05, 0.1) is 12.5 Å². The highest BCUT2D eigenvalue weighted by Gasteiger charge is 2.18. The van der Waals surface area contributed by atoms with Crippen LogP contribution < -0.4 is 4.74 Å². The number of carbonyl (C=O) groups is 2. The zero-order chi connectivity index (χ0) is 22.8. The summed E-state index contributed by atoms with van der Waals surface area (Å²) in [5, 5.41) is 2.75. The molecule has 1 heterocycles. The fourth-order valence-electron chi connectivity index (χ4n) is 3.75. The van der Waals surface area contributed by atoms with Crippen molar-refractivity contribution in [1.29, 1.82) is 0 Å². The van der Waals surface area contributed by atoms with Crippen LogP contribution in [0.25, 0.3) is 10.8 Å². The molecular formula is C26H34O4S2. The van der Waals surface area contributed by atoms with Crippen molar-refractivity contribution in [2.24, 2.45) is 0 Å². The maximum atomic E-state index is 12.3. The fraction of sp³-hybridized carbons (Fsp3) is 0.538. The maximum absolute atomic E-state index is 12.3. The van der Waals surface area contributed by atoms with Crippen LogP contribution in [-0.4, -0.2) is 29.5 Å². The molecule has 0 unspecified atom stereocenters. The third kappa shape index (κ3) is 7.73. The molecule has 1 saturated heterocycles. The number of esters is 2. The summed E-state index contributed by atoms with van der Waals surface area (Å²) < 4.78 is 11.0. The maximum Gasteiger partial charge on any atom is 0.313 e. The molecule has 1 aliphatic rings. The van der Waals surface area contributed by atoms with Crippen LogP contribution in [0, 0.1) is 0 Å². The molecule has 4 nitrogen and oxygen atoms in total. The number of fused-ring (bicyclic) bond motifs is 1. The minimum Gasteiger partial charge on any atom is -0.465 e. The van der Waals surface area contributed by atoms with Gasteiger partial charge in [-0.15, -0.1) is 0 Å². The average Bonchev–Trinajstić information content (AvgIpc) is 3.32. The number of carbonyl (C=O) groups excluding carboxylic acids is 2. The Labute approximate surface area is 199 Å². The normalized spacial score (nSPS) is 16.8. The van der Waals surface area contributed by atoms with Crippen molar-refractivity contribution in [3.8, 4) is 5.75 Å². The molecule has 1 aliphatic heterocycles. The summed E-state index contributed by atoms with van der Waals surface area (Å²) in [6.07, 6.45) is 7.98. The molecule has 0 amide bonds. The summed E-state index contributed by atoms with van der Waals surface area (Å²) in [5.41, 5.74) is 0.932. The number of hydrogen-bond acceptors (Lipinski definition) is 6. The molecule has 0 aromatic heterocycles. The molecule has 0 bridgehead atoms. The molecular weight excluding hydrogens is 440 g/mol. The Morgan fingerprint density at radius 1 is 1.06 bits per heavy atom. The van der Waals surface area contributed by atoms with Gasteiger partial charge in [0.1, 0.15) is 5.75 Å². The SMILES string of the molecule is CCCCCOC(=O)[C@@H](C)c1ccc2cc(OC(=O)CCCC[C@@H]3CCSS3)ccc2c1. The third-order valence-corrected chi connectivity index (χ3v) is 8.80. The summed E-state index contributed by atoms with van der Waals surface area (Å²) in [7, 11) is 3.95. The minimum absolute atomic E-state index is 0.172. The molecule has 32 heavy (non-hydrogen) atoms. The lowest BCUT2D eigenvalue weighted by Crippen LogP contribution is -2.14. The van der Waals surface area contributed by atoms with Crippen molar-refractivity contribution in [3.05, 3.63) is 42.0 Å². The van der Waals surface area contributed by atoms with E-state index < -0.39 is 0 Å². The molecule has 6 heteroatoms. The van der Waals surface area contributed by atoms with Crippen molar-refractivity contribution in [1.82, 2.24) is 0 Å². The van der Waals surface area contributed by atoms with Gasteiger partial charge in [0.25, 0.3) is 0 Å². The summed E-state index contributed by atoms with van der Waals surface area (Å²) in [6, 6.07) is 11.6. The largest absolute Gasteiger partial charge is 0.465 e. The second-order valence-corrected chi connectivity index (χ2v) is 11.2. The van der Waals surface area contributed by atoms with Gasteiger partial charge < -0.3 is 9.47 Å². The van der Waals surface area contributed by atoms with Crippen LogP contribution in [0.1, 0.15) is 76.7 Å². The molecule has 0 N–H and O–H groups in total. The lowest BCUT2D eigenvalue weighted by molar-refractivity contribution is -0.145. The Hall–Kier alpha value is -1.66. The van der Waals surface area contributed by atoms with E-state index in [0.717, 1.165) is 53.7 Å². The highest BCUT2D eigenvalue weighted by Crippen LogP contribution is 2.39. The van der Waals surface area contributed by atoms with E-state index in [1.807, 2.05) is 64.9 Å². The lowest BCUT2D eigenvalue weighted by Gasteiger charge is -2.13. The smallest absolute Gasteiger partial charge is 0.313 e. The first-order valence-electron chi connectivity index (χ1n) is 11.8. The zero-order valence-electron chi connectivity index (χ0n) is 19.1. The van der Waals surface area contributed by atoms with Gasteiger partial charge in [-0.2, -0.15) is 0 Å². The summed E-state index contributed by atoms with van der Waals surface area (Å²) in [4.78, 5) is 24.5. The first kappa shape index (κ1) is 25.0. The van der Waals surface area contributed by atoms with Gasteiger partial charge in [-0.25, -0.2) is 0 Å². The molecule has 0 saturated carbocycles. The highest BCUT2D eigenvalue weighted by atomic mass is 33.1. The Morgan fingerprint density at radius 2 is 1.88 bits per heavy atom. The lowest BCUT2D eigenvalue weighted by atomic mass is 9.98. The van der Waals surface area contributed by atoms with Crippen molar-refractivity contribution in [2.75, 3.05) is 12.4 Å². The predicted octanol–water partition coefficient (Wildman–Crippen LogP) is 7.30. The van der Waals surface area contributed by atoms with E-state index in [1.165, 1.54) is 18.6 Å². The third-order valence-electron chi connectivity index (χ3n) is 5.80. The summed E-state index contributed by atoms with van der Waals surface area (Å²) in [5.74, 6) is 1.16. The van der Waals surface area contributed by atoms with Crippen LogP contribution in [0.3, 0.4) is 0 Å². The standard InChI is InChI=1S/C26H34O4S2/c1-3-4-7-15-29-26(28)19(2)20-10-11-22-18-23(13-12-21(22)17-20)30-25(27)9-6-5-8-24-14-16-31-32-24/h10-13,17-19,24H,3-9,14-16H2,1-2H3/t19-,24+/m0/s1. The Bertz CT molecular complexity index is 893. The van der Waals surface area contributed by atoms with Gasteiger partial charge in [0.2, 0.25) is 0 Å². The van der Waals surface area contributed by atoms with Gasteiger partial charge in [0.15, 0.2) is 0 Å². The van der Waals surface area contributed by atoms with E-state index in [1.54, 1.807) is 0 Å². The first-order chi connectivity index (χ1) is 15.6. The molecule has 0 spiro atoms. The fourth-order valence-corrected chi connectivity index (χ4v) is 6.78. The minimum atomic E-state index is -0.306. The molecule has 2 aromatic carbocycles. The number of ether oxygens (including phenoxy) is 2. The van der Waals surface area contributed by atoms with Gasteiger partial charge >= 0.3 is 11.9 Å². The van der Waals surface area contributed by atoms with Crippen LogP contribution >= 0.6 is 21.6 Å². The Kier molecular flexibility index (Phi) is 10.3. The van der Waals surface area contributed by atoms with Crippen LogP contribution in [-0.2, 0) is 14.3 Å². The number of rotatable bonds is 12. The van der Waals surface area contributed by atoms with Gasteiger partial charge in [0, 0.05) is 17.4 Å². The van der Waals surface area contributed by atoms with Gasteiger partial charge in [-0.3, -0.25) is 9.59 Å².